The maximum Gasteiger partial charge on any atom is 0.185 e. The predicted molar refractivity (Wildman–Crippen MR) is 58.1 cm³/mol. The number of benzene rings is 1. The maximum atomic E-state index is 13.0. The standard InChI is InChI=1S/C11H8ClFN2O/c12-10-2-1-9(13)5-8(10)6-15-4-3-14-11(15)7-16/h1-5,7H,6H2. The molecule has 0 saturated carbocycles. The molecule has 1 aromatic heterocycles. The summed E-state index contributed by atoms with van der Waals surface area (Å²) in [7, 11) is 0. The lowest BCUT2D eigenvalue weighted by Gasteiger charge is -2.06. The molecule has 0 aliphatic carbocycles. The molecule has 2 aromatic rings. The SMILES string of the molecule is O=Cc1nccn1Cc1cc(F)ccc1Cl. The van der Waals surface area contributed by atoms with Gasteiger partial charge in [0.25, 0.3) is 0 Å². The lowest BCUT2D eigenvalue weighted by Crippen LogP contribution is -2.04. The van der Waals surface area contributed by atoms with E-state index in [0.717, 1.165) is 0 Å². The Morgan fingerprint density at radius 2 is 2.31 bits per heavy atom. The molecule has 0 N–H and O–H groups in total. The van der Waals surface area contributed by atoms with Gasteiger partial charge in [0.1, 0.15) is 5.82 Å². The van der Waals surface area contributed by atoms with E-state index in [1.165, 1.54) is 24.4 Å². The maximum absolute atomic E-state index is 13.0. The quantitative estimate of drug-likeness (QED) is 0.771. The molecule has 0 amide bonds. The number of aromatic nitrogens is 2. The van der Waals surface area contributed by atoms with Crippen LogP contribution in [0.15, 0.2) is 30.6 Å². The number of rotatable bonds is 3. The van der Waals surface area contributed by atoms with Gasteiger partial charge in [-0.25, -0.2) is 9.37 Å². The van der Waals surface area contributed by atoms with Gasteiger partial charge in [-0.15, -0.1) is 0 Å². The van der Waals surface area contributed by atoms with Crippen molar-refractivity contribution in [3.8, 4) is 0 Å². The Labute approximate surface area is 96.5 Å². The van der Waals surface area contributed by atoms with Crippen molar-refractivity contribution >= 4 is 17.9 Å². The first kappa shape index (κ1) is 10.8. The number of carbonyl (C=O) groups excluding carboxylic acids is 1. The number of carbonyl (C=O) groups is 1. The van der Waals surface area contributed by atoms with Crippen molar-refractivity contribution in [2.24, 2.45) is 0 Å². The zero-order valence-corrected chi connectivity index (χ0v) is 8.99. The first-order valence-electron chi connectivity index (χ1n) is 4.61. The smallest absolute Gasteiger partial charge is 0.185 e. The van der Waals surface area contributed by atoms with Crippen LogP contribution in [0.25, 0.3) is 0 Å². The van der Waals surface area contributed by atoms with Gasteiger partial charge in [-0.1, -0.05) is 11.6 Å². The van der Waals surface area contributed by atoms with E-state index >= 15 is 0 Å². The minimum Gasteiger partial charge on any atom is -0.324 e. The normalized spacial score (nSPS) is 10.4. The second kappa shape index (κ2) is 4.45. The van der Waals surface area contributed by atoms with Gasteiger partial charge < -0.3 is 4.57 Å². The Hall–Kier alpha value is -1.68. The third-order valence-electron chi connectivity index (χ3n) is 2.20. The van der Waals surface area contributed by atoms with Crippen molar-refractivity contribution in [3.63, 3.8) is 0 Å². The van der Waals surface area contributed by atoms with Crippen LogP contribution in [0.2, 0.25) is 5.02 Å². The molecule has 3 nitrogen and oxygen atoms in total. The van der Waals surface area contributed by atoms with Gasteiger partial charge in [-0.05, 0) is 23.8 Å². The number of imidazole rings is 1. The van der Waals surface area contributed by atoms with Crippen LogP contribution in [-0.2, 0) is 6.54 Å². The van der Waals surface area contributed by atoms with Gasteiger partial charge in [0.2, 0.25) is 0 Å². The van der Waals surface area contributed by atoms with Crippen LogP contribution >= 0.6 is 11.6 Å². The average Bonchev–Trinajstić information content (AvgIpc) is 2.71. The molecule has 0 bridgehead atoms. The fraction of sp³-hybridized carbons (Fsp3) is 0.0909. The molecule has 82 valence electrons. The molecule has 16 heavy (non-hydrogen) atoms. The first-order valence-corrected chi connectivity index (χ1v) is 4.99. The van der Waals surface area contributed by atoms with Crippen LogP contribution in [0.1, 0.15) is 16.2 Å². The van der Waals surface area contributed by atoms with Crippen molar-refractivity contribution in [2.75, 3.05) is 0 Å². The van der Waals surface area contributed by atoms with Crippen LogP contribution < -0.4 is 0 Å². The Morgan fingerprint density at radius 1 is 1.50 bits per heavy atom. The minimum atomic E-state index is -0.354. The van der Waals surface area contributed by atoms with Crippen LogP contribution in [0.3, 0.4) is 0 Å². The van der Waals surface area contributed by atoms with Crippen LogP contribution in [0, 0.1) is 5.82 Å². The van der Waals surface area contributed by atoms with E-state index in [2.05, 4.69) is 4.98 Å². The molecule has 0 atom stereocenters. The van der Waals surface area contributed by atoms with Crippen LogP contribution in [0.5, 0.6) is 0 Å². The predicted octanol–water partition coefficient (Wildman–Crippen LogP) is 2.54. The van der Waals surface area contributed by atoms with E-state index in [1.54, 1.807) is 10.8 Å². The zero-order chi connectivity index (χ0) is 11.5. The number of aldehydes is 1. The van der Waals surface area contributed by atoms with Crippen LogP contribution in [-0.4, -0.2) is 15.8 Å². The molecule has 1 aromatic carbocycles. The van der Waals surface area contributed by atoms with E-state index < -0.39 is 0 Å². The molecule has 2 rings (SSSR count). The van der Waals surface area contributed by atoms with E-state index in [4.69, 9.17) is 11.6 Å². The Kier molecular flexibility index (Phi) is 3.01. The highest BCUT2D eigenvalue weighted by Gasteiger charge is 2.06. The molecule has 0 saturated heterocycles. The molecule has 0 fully saturated rings. The molecule has 5 heteroatoms. The third-order valence-corrected chi connectivity index (χ3v) is 2.57. The van der Waals surface area contributed by atoms with E-state index in [-0.39, 0.29) is 5.82 Å². The van der Waals surface area contributed by atoms with Gasteiger partial charge in [-0.3, -0.25) is 4.79 Å². The Balaban J connectivity index is 2.33. The van der Waals surface area contributed by atoms with Crippen molar-refractivity contribution < 1.29 is 9.18 Å². The number of hydrogen-bond donors (Lipinski definition) is 0. The van der Waals surface area contributed by atoms with E-state index in [9.17, 15) is 9.18 Å². The molecule has 0 aliphatic rings. The summed E-state index contributed by atoms with van der Waals surface area (Å²) in [5.74, 6) is -0.0625. The summed E-state index contributed by atoms with van der Waals surface area (Å²) < 4.78 is 14.6. The summed E-state index contributed by atoms with van der Waals surface area (Å²) in [4.78, 5) is 14.5. The van der Waals surface area contributed by atoms with E-state index in [0.29, 0.717) is 29.2 Å². The topological polar surface area (TPSA) is 34.9 Å². The minimum absolute atomic E-state index is 0.292. The Morgan fingerprint density at radius 3 is 3.06 bits per heavy atom. The van der Waals surface area contributed by atoms with Crippen molar-refractivity contribution in [1.82, 2.24) is 9.55 Å². The fourth-order valence-electron chi connectivity index (χ4n) is 1.42. The van der Waals surface area contributed by atoms with Crippen molar-refractivity contribution in [1.29, 1.82) is 0 Å². The molecule has 0 aliphatic heterocycles. The summed E-state index contributed by atoms with van der Waals surface area (Å²) in [5.41, 5.74) is 0.614. The Bertz CT molecular complexity index is 524. The lowest BCUT2D eigenvalue weighted by atomic mass is 10.2. The van der Waals surface area contributed by atoms with Gasteiger partial charge in [0, 0.05) is 17.4 Å². The molecule has 0 unspecified atom stereocenters. The van der Waals surface area contributed by atoms with Gasteiger partial charge in [-0.2, -0.15) is 0 Å². The molecule has 0 spiro atoms. The van der Waals surface area contributed by atoms with Crippen molar-refractivity contribution in [2.45, 2.75) is 6.54 Å². The highest BCUT2D eigenvalue weighted by atomic mass is 35.5. The van der Waals surface area contributed by atoms with Gasteiger partial charge in [0.15, 0.2) is 12.1 Å². The van der Waals surface area contributed by atoms with Crippen molar-refractivity contribution in [3.05, 3.63) is 52.8 Å². The molecule has 0 radical (unpaired) electrons. The second-order valence-corrected chi connectivity index (χ2v) is 3.67. The number of hydrogen-bond acceptors (Lipinski definition) is 2. The van der Waals surface area contributed by atoms with Crippen LogP contribution in [0.4, 0.5) is 4.39 Å². The third kappa shape index (κ3) is 2.12. The molecule has 1 heterocycles. The summed E-state index contributed by atoms with van der Waals surface area (Å²) >= 11 is 5.92. The zero-order valence-electron chi connectivity index (χ0n) is 8.23. The van der Waals surface area contributed by atoms with Gasteiger partial charge in [0.05, 0.1) is 6.54 Å². The summed E-state index contributed by atoms with van der Waals surface area (Å²) in [6, 6.07) is 4.13. The number of nitrogens with zero attached hydrogens (tertiary/aromatic N) is 2. The first-order chi connectivity index (χ1) is 7.70. The second-order valence-electron chi connectivity index (χ2n) is 3.27. The molecular formula is C11H8ClFN2O. The van der Waals surface area contributed by atoms with E-state index in [1.807, 2.05) is 0 Å². The monoisotopic (exact) mass is 238 g/mol. The summed E-state index contributed by atoms with van der Waals surface area (Å²) in [5, 5.41) is 0.465. The average molecular weight is 239 g/mol. The lowest BCUT2D eigenvalue weighted by molar-refractivity contribution is 0.111. The summed E-state index contributed by atoms with van der Waals surface area (Å²) in [6.07, 6.45) is 3.80. The fourth-order valence-corrected chi connectivity index (χ4v) is 1.60. The highest BCUT2D eigenvalue weighted by molar-refractivity contribution is 6.31. The highest BCUT2D eigenvalue weighted by Crippen LogP contribution is 2.18. The summed E-state index contributed by atoms with van der Waals surface area (Å²) in [6.45, 7) is 0.324. The molecular weight excluding hydrogens is 231 g/mol. The van der Waals surface area contributed by atoms with Gasteiger partial charge >= 0.3 is 0 Å². The largest absolute Gasteiger partial charge is 0.324 e. The number of halogens is 2.